The minimum absolute atomic E-state index is 0.0898. The molecule has 52 heavy (non-hydrogen) atoms. The molecule has 0 unspecified atom stereocenters. The van der Waals surface area contributed by atoms with Crippen molar-refractivity contribution in [3.05, 3.63) is 152 Å². The van der Waals surface area contributed by atoms with Crippen LogP contribution >= 0.6 is 0 Å². The van der Waals surface area contributed by atoms with Crippen LogP contribution in [0.15, 0.2) is 112 Å². The Morgan fingerprint density at radius 1 is 0.462 bits per heavy atom. The van der Waals surface area contributed by atoms with E-state index in [0.29, 0.717) is 18.6 Å². The molecule has 0 aliphatic heterocycles. The van der Waals surface area contributed by atoms with Crippen LogP contribution in [0.3, 0.4) is 0 Å². The molecule has 0 aliphatic rings. The molecule has 0 N–H and O–H groups in total. The van der Waals surface area contributed by atoms with Crippen molar-refractivity contribution >= 4 is 11.0 Å². The zero-order valence-electron chi connectivity index (χ0n) is 33.9. The van der Waals surface area contributed by atoms with Crippen molar-refractivity contribution in [2.24, 2.45) is 0 Å². The maximum absolute atomic E-state index is 15.4. The van der Waals surface area contributed by atoms with Gasteiger partial charge in [-0.15, -0.1) is 46.1 Å². The Balaban J connectivity index is 2.66. The number of aryl methyl sites for hydroxylation is 3. The molecule has 3 rings (SSSR count). The van der Waals surface area contributed by atoms with Gasteiger partial charge >= 0.3 is 0 Å². The Bertz CT molecular complexity index is 1940. The molecule has 2 nitrogen and oxygen atoms in total. The van der Waals surface area contributed by atoms with Crippen LogP contribution in [0.2, 0.25) is 0 Å². The predicted molar refractivity (Wildman–Crippen MR) is 230 cm³/mol. The predicted octanol–water partition coefficient (Wildman–Crippen LogP) is 14.0. The van der Waals surface area contributed by atoms with Crippen LogP contribution in [0, 0.1) is 0 Å². The Hall–Kier alpha value is -4.17. The highest BCUT2D eigenvalue weighted by Gasteiger charge is 2.27. The number of rotatable bonds is 22. The van der Waals surface area contributed by atoms with Gasteiger partial charge in [-0.3, -0.25) is 4.79 Å². The highest BCUT2D eigenvalue weighted by Crippen LogP contribution is 2.39. The van der Waals surface area contributed by atoms with Crippen LogP contribution in [-0.4, -0.2) is 0 Å². The fourth-order valence-corrected chi connectivity index (χ4v) is 7.05. The van der Waals surface area contributed by atoms with Gasteiger partial charge in [-0.05, 0) is 172 Å². The third-order valence-electron chi connectivity index (χ3n) is 10.0. The Kier molecular flexibility index (Phi) is 15.9. The van der Waals surface area contributed by atoms with E-state index in [2.05, 4.69) is 106 Å². The zero-order chi connectivity index (χ0) is 38.7. The Morgan fingerprint density at radius 3 is 1.29 bits per heavy atom. The van der Waals surface area contributed by atoms with E-state index in [-0.39, 0.29) is 5.43 Å². The van der Waals surface area contributed by atoms with Crippen molar-refractivity contribution < 1.29 is 4.42 Å². The van der Waals surface area contributed by atoms with Gasteiger partial charge in [0.1, 0.15) is 11.3 Å². The highest BCUT2D eigenvalue weighted by molar-refractivity contribution is 5.89. The van der Waals surface area contributed by atoms with Crippen molar-refractivity contribution in [2.75, 3.05) is 0 Å². The van der Waals surface area contributed by atoms with Crippen LogP contribution in [0.1, 0.15) is 132 Å². The number of benzene rings is 2. The minimum Gasteiger partial charge on any atom is -0.455 e. The Labute approximate surface area is 316 Å². The third kappa shape index (κ3) is 11.7. The summed E-state index contributed by atoms with van der Waals surface area (Å²) >= 11 is 0. The summed E-state index contributed by atoms with van der Waals surface area (Å²) < 4.78 is 7.40. The maximum Gasteiger partial charge on any atom is 0.196 e. The van der Waals surface area contributed by atoms with Gasteiger partial charge in [-0.25, -0.2) is 0 Å². The fourth-order valence-electron chi connectivity index (χ4n) is 7.05. The molecule has 278 valence electrons. The molecular formula is C50H66O2. The summed E-state index contributed by atoms with van der Waals surface area (Å²) in [5, 5.41) is 0.746. The second-order valence-corrected chi connectivity index (χ2v) is 16.0. The molecule has 0 spiro atoms. The molecule has 3 aromatic rings. The standard InChI is InChI=1S/C50H66O2/c1-32(2)18-25-39-16-15-17-44(40(39)26-19-33(3)4)49-46(31-24-38(13)14)48(51)47-43(29-22-36(9)10)41(27-20-34(5)6)42(28-21-35(7)8)45(50(47)52-49)30-23-37(11)12/h15-17H,1,3,5,7,9,11,13,18-31H2,2,4,6,8,10,12,14H3. The fraction of sp³-hybridized carbons (Fsp3) is 0.420. The summed E-state index contributed by atoms with van der Waals surface area (Å²) in [5.41, 5.74) is 17.8. The monoisotopic (exact) mass is 699 g/mol. The summed E-state index contributed by atoms with van der Waals surface area (Å²) in [4.78, 5) is 15.4. The lowest BCUT2D eigenvalue weighted by atomic mass is 9.82. The van der Waals surface area contributed by atoms with Crippen LogP contribution < -0.4 is 5.43 Å². The minimum atomic E-state index is 0.0898. The van der Waals surface area contributed by atoms with E-state index in [1.807, 2.05) is 6.92 Å². The van der Waals surface area contributed by atoms with E-state index in [9.17, 15) is 0 Å². The van der Waals surface area contributed by atoms with Gasteiger partial charge in [0.05, 0.1) is 5.39 Å². The lowest BCUT2D eigenvalue weighted by molar-refractivity contribution is 0.599. The van der Waals surface area contributed by atoms with E-state index in [0.717, 1.165) is 149 Å². The molecule has 1 aromatic heterocycles. The number of hydrogen-bond donors (Lipinski definition) is 0. The molecule has 0 radical (unpaired) electrons. The first-order valence-electron chi connectivity index (χ1n) is 19.3. The normalized spacial score (nSPS) is 11.1. The van der Waals surface area contributed by atoms with E-state index in [4.69, 9.17) is 4.42 Å². The van der Waals surface area contributed by atoms with E-state index in [1.165, 1.54) is 22.3 Å². The summed E-state index contributed by atoms with van der Waals surface area (Å²) in [7, 11) is 0. The van der Waals surface area contributed by atoms with Gasteiger partial charge in [0.2, 0.25) is 0 Å². The molecule has 0 amide bonds. The van der Waals surface area contributed by atoms with Gasteiger partial charge in [-0.2, -0.15) is 0 Å². The maximum atomic E-state index is 15.4. The highest BCUT2D eigenvalue weighted by atomic mass is 16.3. The number of hydrogen-bond acceptors (Lipinski definition) is 2. The molecule has 0 fully saturated rings. The molecule has 1 heterocycles. The summed E-state index contributed by atoms with van der Waals surface area (Å²) in [6.45, 7) is 44.3. The quantitative estimate of drug-likeness (QED) is 0.0978. The molecular weight excluding hydrogens is 633 g/mol. The van der Waals surface area contributed by atoms with Crippen molar-refractivity contribution in [1.29, 1.82) is 0 Å². The average Bonchev–Trinajstić information content (AvgIpc) is 3.05. The summed E-state index contributed by atoms with van der Waals surface area (Å²) in [5.74, 6) is 0.704. The van der Waals surface area contributed by atoms with Gasteiger partial charge in [0.15, 0.2) is 5.43 Å². The molecule has 0 aliphatic carbocycles. The molecule has 2 aromatic carbocycles. The largest absolute Gasteiger partial charge is 0.455 e. The van der Waals surface area contributed by atoms with Crippen LogP contribution in [0.5, 0.6) is 0 Å². The zero-order valence-corrected chi connectivity index (χ0v) is 33.9. The summed E-state index contributed by atoms with van der Waals surface area (Å²) in [6, 6.07) is 6.51. The molecule has 0 saturated heterocycles. The first kappa shape index (κ1) is 42.2. The van der Waals surface area contributed by atoms with Gasteiger partial charge < -0.3 is 4.42 Å². The average molecular weight is 699 g/mol. The number of fused-ring (bicyclic) bond motifs is 1. The van der Waals surface area contributed by atoms with Crippen molar-refractivity contribution in [2.45, 2.75) is 138 Å². The van der Waals surface area contributed by atoms with Crippen molar-refractivity contribution in [3.63, 3.8) is 0 Å². The third-order valence-corrected chi connectivity index (χ3v) is 10.0. The second-order valence-electron chi connectivity index (χ2n) is 16.0. The SMILES string of the molecule is C=C(C)CCc1cccc(-c2oc3c(CCC(=C)C)c(CCC(=C)C)c(CCC(=C)C)c(CCC(=C)C)c3c(=O)c2CCC(=C)C)c1CCC(=C)C. The van der Waals surface area contributed by atoms with Crippen LogP contribution in [0.25, 0.3) is 22.3 Å². The smallest absolute Gasteiger partial charge is 0.196 e. The second kappa shape index (κ2) is 19.6. The topological polar surface area (TPSA) is 30.2 Å². The molecule has 0 saturated carbocycles. The first-order chi connectivity index (χ1) is 24.5. The summed E-state index contributed by atoms with van der Waals surface area (Å²) in [6.07, 6.45) is 11.3. The lowest BCUT2D eigenvalue weighted by Crippen LogP contribution is -2.18. The van der Waals surface area contributed by atoms with Crippen LogP contribution in [0.4, 0.5) is 0 Å². The molecule has 0 bridgehead atoms. The molecule has 2 heteroatoms. The first-order valence-corrected chi connectivity index (χ1v) is 19.3. The van der Waals surface area contributed by atoms with Crippen molar-refractivity contribution in [1.82, 2.24) is 0 Å². The van der Waals surface area contributed by atoms with Gasteiger partial charge in [0, 0.05) is 11.1 Å². The number of allylic oxidation sites excluding steroid dienone is 7. The molecule has 0 atom stereocenters. The van der Waals surface area contributed by atoms with E-state index < -0.39 is 0 Å². The lowest BCUT2D eigenvalue weighted by Gasteiger charge is -2.24. The van der Waals surface area contributed by atoms with E-state index >= 15 is 4.79 Å². The van der Waals surface area contributed by atoms with Crippen LogP contribution in [-0.2, 0) is 44.9 Å². The van der Waals surface area contributed by atoms with E-state index in [1.54, 1.807) is 0 Å². The van der Waals surface area contributed by atoms with Crippen molar-refractivity contribution in [3.8, 4) is 11.3 Å². The van der Waals surface area contributed by atoms with Gasteiger partial charge in [0.25, 0.3) is 0 Å². The Morgan fingerprint density at radius 2 is 0.827 bits per heavy atom. The van der Waals surface area contributed by atoms with Gasteiger partial charge in [-0.1, -0.05) is 57.2 Å².